The molecule has 1 aliphatic heterocycles. The van der Waals surface area contributed by atoms with Gasteiger partial charge >= 0.3 is 0 Å². The quantitative estimate of drug-likeness (QED) is 0.648. The van der Waals surface area contributed by atoms with Gasteiger partial charge in [-0.25, -0.2) is 17.2 Å². The number of thiocarbonyl (C=S) groups is 1. The Morgan fingerprint density at radius 1 is 1.30 bits per heavy atom. The maximum absolute atomic E-state index is 13.7. The Morgan fingerprint density at radius 3 is 2.57 bits per heavy atom. The molecule has 1 saturated heterocycles. The van der Waals surface area contributed by atoms with E-state index < -0.39 is 26.6 Å². The zero-order valence-corrected chi connectivity index (χ0v) is 14.0. The van der Waals surface area contributed by atoms with Crippen LogP contribution in [-0.4, -0.2) is 55.5 Å². The van der Waals surface area contributed by atoms with Gasteiger partial charge in [0.1, 0.15) is 16.5 Å². The first-order valence-corrected chi connectivity index (χ1v) is 8.80. The van der Waals surface area contributed by atoms with Crippen molar-refractivity contribution in [3.63, 3.8) is 0 Å². The summed E-state index contributed by atoms with van der Waals surface area (Å²) < 4.78 is 53.0. The van der Waals surface area contributed by atoms with Gasteiger partial charge in [-0.1, -0.05) is 6.08 Å². The van der Waals surface area contributed by atoms with Crippen LogP contribution in [0.5, 0.6) is 0 Å². The second kappa shape index (κ2) is 7.33. The SMILES string of the molecule is C=CCNC(=S)N1CCN(S(=O)(=O)c2cc(F)ccc2F)CC1. The fourth-order valence-corrected chi connectivity index (χ4v) is 3.98. The number of nitrogens with zero attached hydrogens (tertiary/aromatic N) is 2. The third-order valence-corrected chi connectivity index (χ3v) is 5.75. The number of nitrogens with one attached hydrogen (secondary N) is 1. The van der Waals surface area contributed by atoms with E-state index in [1.165, 1.54) is 0 Å². The molecule has 0 amide bonds. The molecule has 0 aliphatic carbocycles. The second-order valence-electron chi connectivity index (χ2n) is 4.94. The molecule has 1 fully saturated rings. The lowest BCUT2D eigenvalue weighted by atomic mass is 10.3. The average Bonchev–Trinajstić information content (AvgIpc) is 2.54. The van der Waals surface area contributed by atoms with E-state index in [2.05, 4.69) is 11.9 Å². The highest BCUT2D eigenvalue weighted by Crippen LogP contribution is 2.21. The van der Waals surface area contributed by atoms with Crippen molar-refractivity contribution in [1.82, 2.24) is 14.5 Å². The van der Waals surface area contributed by atoms with E-state index in [1.807, 2.05) is 4.90 Å². The smallest absolute Gasteiger partial charge is 0.246 e. The van der Waals surface area contributed by atoms with Crippen LogP contribution in [0.2, 0.25) is 0 Å². The molecular weight excluding hydrogens is 344 g/mol. The predicted octanol–water partition coefficient (Wildman–Crippen LogP) is 1.33. The van der Waals surface area contributed by atoms with Crippen LogP contribution in [-0.2, 0) is 10.0 Å². The summed E-state index contributed by atoms with van der Waals surface area (Å²) in [6.07, 6.45) is 1.67. The van der Waals surface area contributed by atoms with Gasteiger partial charge in [-0.15, -0.1) is 6.58 Å². The molecule has 1 heterocycles. The van der Waals surface area contributed by atoms with Crippen LogP contribution in [0.25, 0.3) is 0 Å². The molecule has 126 valence electrons. The fraction of sp³-hybridized carbons (Fsp3) is 0.357. The number of halogens is 2. The molecule has 0 spiro atoms. The number of hydrogen-bond acceptors (Lipinski definition) is 3. The largest absolute Gasteiger partial charge is 0.359 e. The van der Waals surface area contributed by atoms with E-state index >= 15 is 0 Å². The number of piperazine rings is 1. The Hall–Kier alpha value is -1.58. The van der Waals surface area contributed by atoms with Gasteiger partial charge in [0.15, 0.2) is 5.11 Å². The number of benzene rings is 1. The zero-order valence-electron chi connectivity index (χ0n) is 12.3. The van der Waals surface area contributed by atoms with Crippen molar-refractivity contribution < 1.29 is 17.2 Å². The zero-order chi connectivity index (χ0) is 17.0. The van der Waals surface area contributed by atoms with Gasteiger partial charge in [-0.3, -0.25) is 0 Å². The Bertz CT molecular complexity index is 702. The molecule has 0 bridgehead atoms. The summed E-state index contributed by atoms with van der Waals surface area (Å²) in [6, 6.07) is 2.40. The Kier molecular flexibility index (Phi) is 5.66. The maximum Gasteiger partial charge on any atom is 0.246 e. The molecule has 0 radical (unpaired) electrons. The highest BCUT2D eigenvalue weighted by molar-refractivity contribution is 7.89. The first-order valence-electron chi connectivity index (χ1n) is 6.95. The summed E-state index contributed by atoms with van der Waals surface area (Å²) in [4.78, 5) is 1.19. The Labute approximate surface area is 139 Å². The Morgan fingerprint density at radius 2 is 1.96 bits per heavy atom. The van der Waals surface area contributed by atoms with Crippen LogP contribution >= 0.6 is 12.2 Å². The van der Waals surface area contributed by atoms with Crippen molar-refractivity contribution >= 4 is 27.4 Å². The summed E-state index contributed by atoms with van der Waals surface area (Å²) in [5.41, 5.74) is 0. The van der Waals surface area contributed by atoms with Gasteiger partial charge in [-0.2, -0.15) is 4.31 Å². The third-order valence-electron chi connectivity index (χ3n) is 3.43. The van der Waals surface area contributed by atoms with Crippen molar-refractivity contribution in [3.8, 4) is 0 Å². The average molecular weight is 361 g/mol. The summed E-state index contributed by atoms with van der Waals surface area (Å²) >= 11 is 5.19. The van der Waals surface area contributed by atoms with Gasteiger partial charge in [0, 0.05) is 32.7 Å². The minimum Gasteiger partial charge on any atom is -0.359 e. The van der Waals surface area contributed by atoms with E-state index in [-0.39, 0.29) is 13.1 Å². The number of rotatable bonds is 4. The third kappa shape index (κ3) is 4.04. The first-order chi connectivity index (χ1) is 10.9. The van der Waals surface area contributed by atoms with E-state index in [1.54, 1.807) is 6.08 Å². The molecule has 1 N–H and O–H groups in total. The van der Waals surface area contributed by atoms with Gasteiger partial charge in [0.05, 0.1) is 0 Å². The van der Waals surface area contributed by atoms with Crippen LogP contribution in [0.1, 0.15) is 0 Å². The van der Waals surface area contributed by atoms with Crippen LogP contribution in [0.15, 0.2) is 35.7 Å². The van der Waals surface area contributed by atoms with Crippen molar-refractivity contribution in [2.75, 3.05) is 32.7 Å². The topological polar surface area (TPSA) is 52.6 Å². The van der Waals surface area contributed by atoms with Gasteiger partial charge in [-0.05, 0) is 30.4 Å². The lowest BCUT2D eigenvalue weighted by Gasteiger charge is -2.35. The molecule has 9 heteroatoms. The van der Waals surface area contributed by atoms with Crippen LogP contribution in [0.3, 0.4) is 0 Å². The number of sulfonamides is 1. The molecule has 1 aromatic carbocycles. The summed E-state index contributed by atoms with van der Waals surface area (Å²) in [5.74, 6) is -1.75. The Balaban J connectivity index is 2.08. The molecule has 0 atom stereocenters. The van der Waals surface area contributed by atoms with Crippen LogP contribution in [0.4, 0.5) is 8.78 Å². The van der Waals surface area contributed by atoms with E-state index in [0.29, 0.717) is 30.8 Å². The molecular formula is C14H17F2N3O2S2. The normalized spacial score (nSPS) is 16.2. The van der Waals surface area contributed by atoms with Gasteiger partial charge in [0.2, 0.25) is 10.0 Å². The highest BCUT2D eigenvalue weighted by Gasteiger charge is 2.31. The molecule has 0 saturated carbocycles. The molecule has 1 aliphatic rings. The maximum atomic E-state index is 13.7. The minimum absolute atomic E-state index is 0.147. The summed E-state index contributed by atoms with van der Waals surface area (Å²) in [5, 5.41) is 3.48. The molecule has 23 heavy (non-hydrogen) atoms. The van der Waals surface area contributed by atoms with Crippen molar-refractivity contribution in [2.24, 2.45) is 0 Å². The molecule has 2 rings (SSSR count). The lowest BCUT2D eigenvalue weighted by Crippen LogP contribution is -2.53. The van der Waals surface area contributed by atoms with E-state index in [4.69, 9.17) is 12.2 Å². The molecule has 1 aromatic rings. The molecule has 0 aromatic heterocycles. The number of hydrogen-bond donors (Lipinski definition) is 1. The second-order valence-corrected chi connectivity index (χ2v) is 7.23. The summed E-state index contributed by atoms with van der Waals surface area (Å²) in [6.45, 7) is 5.14. The fourth-order valence-electron chi connectivity index (χ4n) is 2.22. The molecule has 5 nitrogen and oxygen atoms in total. The van der Waals surface area contributed by atoms with Crippen molar-refractivity contribution in [1.29, 1.82) is 0 Å². The van der Waals surface area contributed by atoms with Crippen molar-refractivity contribution in [2.45, 2.75) is 4.90 Å². The molecule has 0 unspecified atom stereocenters. The van der Waals surface area contributed by atoms with Gasteiger partial charge in [0.25, 0.3) is 0 Å². The minimum atomic E-state index is -4.07. The standard InChI is InChI=1S/C14H17F2N3O2S2/c1-2-5-17-14(22)18-6-8-19(9-7-18)23(20,21)13-10-11(15)3-4-12(13)16/h2-4,10H,1,5-9H2,(H,17,22). The highest BCUT2D eigenvalue weighted by atomic mass is 32.2. The van der Waals surface area contributed by atoms with E-state index in [9.17, 15) is 17.2 Å². The predicted molar refractivity (Wildman–Crippen MR) is 87.5 cm³/mol. The lowest BCUT2D eigenvalue weighted by molar-refractivity contribution is 0.264. The first kappa shape index (κ1) is 17.8. The monoisotopic (exact) mass is 361 g/mol. The summed E-state index contributed by atoms with van der Waals surface area (Å²) in [7, 11) is -4.07. The van der Waals surface area contributed by atoms with Crippen LogP contribution < -0.4 is 5.32 Å². The van der Waals surface area contributed by atoms with Gasteiger partial charge < -0.3 is 10.2 Å². The van der Waals surface area contributed by atoms with Crippen molar-refractivity contribution in [3.05, 3.63) is 42.5 Å². The van der Waals surface area contributed by atoms with E-state index in [0.717, 1.165) is 16.4 Å². The van der Waals surface area contributed by atoms with Crippen LogP contribution in [0, 0.1) is 11.6 Å².